The minimum atomic E-state index is -0.648. The highest BCUT2D eigenvalue weighted by molar-refractivity contribution is 5.86. The molecule has 4 nitrogen and oxygen atoms in total. The number of carbonyl (C=O) groups is 2. The quantitative estimate of drug-likeness (QED) is 0.628. The number of aryl methyl sites for hydroxylation is 1. The van der Waals surface area contributed by atoms with Crippen molar-refractivity contribution in [3.05, 3.63) is 35.4 Å². The van der Waals surface area contributed by atoms with Crippen molar-refractivity contribution in [2.24, 2.45) is 17.3 Å². The molecular formula is C20H24O4. The maximum absolute atomic E-state index is 12.5. The van der Waals surface area contributed by atoms with E-state index in [4.69, 9.17) is 9.47 Å². The Morgan fingerprint density at radius 2 is 2.17 bits per heavy atom. The summed E-state index contributed by atoms with van der Waals surface area (Å²) in [7, 11) is 3.08. The molecule has 0 unspecified atom stereocenters. The number of hydrogen-bond acceptors (Lipinski definition) is 4. The Hall–Kier alpha value is -2.10. The van der Waals surface area contributed by atoms with Crippen LogP contribution in [0.5, 0.6) is 5.75 Å². The Kier molecular flexibility index (Phi) is 4.48. The third kappa shape index (κ3) is 2.45. The molecule has 2 aliphatic rings. The van der Waals surface area contributed by atoms with E-state index >= 15 is 0 Å². The predicted molar refractivity (Wildman–Crippen MR) is 91.7 cm³/mol. The lowest BCUT2D eigenvalue weighted by Gasteiger charge is -2.44. The Bertz CT molecular complexity index is 691. The molecule has 0 heterocycles. The summed E-state index contributed by atoms with van der Waals surface area (Å²) in [5, 5.41) is 0. The van der Waals surface area contributed by atoms with Crippen molar-refractivity contribution >= 4 is 17.8 Å². The van der Waals surface area contributed by atoms with Crippen LogP contribution in [0.25, 0.3) is 5.57 Å². The van der Waals surface area contributed by atoms with Crippen molar-refractivity contribution in [3.63, 3.8) is 0 Å². The Labute approximate surface area is 142 Å². The molecule has 0 aromatic heterocycles. The van der Waals surface area contributed by atoms with Gasteiger partial charge in [0.15, 0.2) is 0 Å². The molecule has 128 valence electrons. The van der Waals surface area contributed by atoms with Gasteiger partial charge in [-0.2, -0.15) is 0 Å². The van der Waals surface area contributed by atoms with Crippen LogP contribution in [-0.2, 0) is 20.7 Å². The molecule has 1 aromatic carbocycles. The van der Waals surface area contributed by atoms with Crippen molar-refractivity contribution < 1.29 is 19.1 Å². The molecule has 2 aliphatic carbocycles. The van der Waals surface area contributed by atoms with E-state index in [-0.39, 0.29) is 11.9 Å². The first-order chi connectivity index (χ1) is 11.6. The molecule has 3 rings (SSSR count). The summed E-state index contributed by atoms with van der Waals surface area (Å²) in [6.07, 6.45) is 6.09. The van der Waals surface area contributed by atoms with Crippen molar-refractivity contribution in [3.8, 4) is 5.75 Å². The second-order valence-corrected chi connectivity index (χ2v) is 6.74. The van der Waals surface area contributed by atoms with Crippen LogP contribution in [0.3, 0.4) is 0 Å². The number of carbonyl (C=O) groups excluding carboxylic acids is 2. The van der Waals surface area contributed by atoms with Gasteiger partial charge in [0, 0.05) is 5.41 Å². The van der Waals surface area contributed by atoms with Crippen LogP contribution < -0.4 is 4.74 Å². The summed E-state index contributed by atoms with van der Waals surface area (Å²) in [5.74, 6) is 0.220. The number of methoxy groups -OCH3 is 2. The van der Waals surface area contributed by atoms with Gasteiger partial charge in [0.25, 0.3) is 0 Å². The van der Waals surface area contributed by atoms with Gasteiger partial charge in [0.05, 0.1) is 20.1 Å². The molecule has 0 saturated heterocycles. The van der Waals surface area contributed by atoms with Crippen molar-refractivity contribution in [1.29, 1.82) is 0 Å². The summed E-state index contributed by atoms with van der Waals surface area (Å²) in [4.78, 5) is 24.4. The molecule has 3 atom stereocenters. The normalized spacial score (nSPS) is 28.2. The second kappa shape index (κ2) is 6.42. The lowest BCUT2D eigenvalue weighted by Crippen LogP contribution is -2.45. The molecule has 0 amide bonds. The highest BCUT2D eigenvalue weighted by Crippen LogP contribution is 2.52. The zero-order valence-corrected chi connectivity index (χ0v) is 14.5. The highest BCUT2D eigenvalue weighted by Gasteiger charge is 2.50. The molecule has 0 spiro atoms. The lowest BCUT2D eigenvalue weighted by atomic mass is 9.58. The molecule has 0 bridgehead atoms. The molecule has 0 saturated carbocycles. The van der Waals surface area contributed by atoms with Crippen molar-refractivity contribution in [2.75, 3.05) is 14.2 Å². The van der Waals surface area contributed by atoms with Gasteiger partial charge in [0.2, 0.25) is 0 Å². The monoisotopic (exact) mass is 328 g/mol. The topological polar surface area (TPSA) is 52.6 Å². The van der Waals surface area contributed by atoms with Crippen LogP contribution in [0.15, 0.2) is 24.3 Å². The maximum Gasteiger partial charge on any atom is 0.310 e. The summed E-state index contributed by atoms with van der Waals surface area (Å²) in [5.41, 5.74) is 2.96. The van der Waals surface area contributed by atoms with Gasteiger partial charge in [-0.15, -0.1) is 0 Å². The zero-order chi connectivity index (χ0) is 17.3. The van der Waals surface area contributed by atoms with Gasteiger partial charge in [-0.05, 0) is 60.4 Å². The zero-order valence-electron chi connectivity index (χ0n) is 14.5. The fraction of sp³-hybridized carbons (Fsp3) is 0.500. The summed E-state index contributed by atoms with van der Waals surface area (Å²) in [6, 6.07) is 6.10. The van der Waals surface area contributed by atoms with Crippen LogP contribution >= 0.6 is 0 Å². The van der Waals surface area contributed by atoms with E-state index in [1.54, 1.807) is 7.11 Å². The van der Waals surface area contributed by atoms with Crippen molar-refractivity contribution in [2.45, 2.75) is 32.6 Å². The third-order valence-electron chi connectivity index (χ3n) is 5.82. The largest absolute Gasteiger partial charge is 0.497 e. The SMILES string of the molecule is CC[C@]1(C=O)CC=C2c3ccc(OC)cc3CC[C@H]2[C@@H]1C(=O)OC. The Balaban J connectivity index is 2.09. The van der Waals surface area contributed by atoms with Gasteiger partial charge in [-0.25, -0.2) is 0 Å². The number of aldehydes is 1. The lowest BCUT2D eigenvalue weighted by molar-refractivity contribution is -0.155. The van der Waals surface area contributed by atoms with E-state index in [2.05, 4.69) is 18.2 Å². The molecule has 0 fully saturated rings. The van der Waals surface area contributed by atoms with E-state index < -0.39 is 11.3 Å². The number of allylic oxidation sites excluding steroid dienone is 2. The van der Waals surface area contributed by atoms with Crippen LogP contribution in [0.1, 0.15) is 37.3 Å². The Morgan fingerprint density at radius 1 is 1.38 bits per heavy atom. The maximum atomic E-state index is 12.5. The van der Waals surface area contributed by atoms with Crippen LogP contribution in [0.4, 0.5) is 0 Å². The fourth-order valence-electron chi connectivity index (χ4n) is 4.38. The molecule has 24 heavy (non-hydrogen) atoms. The highest BCUT2D eigenvalue weighted by atomic mass is 16.5. The molecule has 0 aliphatic heterocycles. The molecule has 1 aromatic rings. The van der Waals surface area contributed by atoms with Crippen molar-refractivity contribution in [1.82, 2.24) is 0 Å². The minimum absolute atomic E-state index is 0.0391. The number of ether oxygens (including phenoxy) is 2. The third-order valence-corrected chi connectivity index (χ3v) is 5.82. The van der Waals surface area contributed by atoms with Gasteiger partial charge in [-0.3, -0.25) is 4.79 Å². The predicted octanol–water partition coefficient (Wildman–Crippen LogP) is 3.43. The smallest absolute Gasteiger partial charge is 0.310 e. The first-order valence-electron chi connectivity index (χ1n) is 8.51. The second-order valence-electron chi connectivity index (χ2n) is 6.74. The van der Waals surface area contributed by atoms with E-state index in [0.717, 1.165) is 24.9 Å². The average Bonchev–Trinajstić information content (AvgIpc) is 2.65. The van der Waals surface area contributed by atoms with E-state index in [1.165, 1.54) is 23.8 Å². The minimum Gasteiger partial charge on any atom is -0.497 e. The van der Waals surface area contributed by atoms with Gasteiger partial charge in [-0.1, -0.05) is 19.1 Å². The average molecular weight is 328 g/mol. The number of hydrogen-bond donors (Lipinski definition) is 0. The fourth-order valence-corrected chi connectivity index (χ4v) is 4.38. The number of rotatable bonds is 4. The molecule has 0 radical (unpaired) electrons. The van der Waals surface area contributed by atoms with Crippen LogP contribution in [0.2, 0.25) is 0 Å². The summed E-state index contributed by atoms with van der Waals surface area (Å²) in [6.45, 7) is 1.98. The molecule has 0 N–H and O–H groups in total. The number of benzene rings is 1. The summed E-state index contributed by atoms with van der Waals surface area (Å²) < 4.78 is 10.4. The number of esters is 1. The standard InChI is InChI=1S/C20H24O4/c1-4-20(12-21)10-9-16-15-8-6-14(23-2)11-13(15)5-7-17(16)18(20)19(22)24-3/h6,8-9,11-12,17-18H,4-5,7,10H2,1-3H3/t17-,18-,20-/m1/s1. The number of fused-ring (bicyclic) bond motifs is 3. The van der Waals surface area contributed by atoms with E-state index in [1.807, 2.05) is 13.0 Å². The van der Waals surface area contributed by atoms with Gasteiger partial charge in [0.1, 0.15) is 12.0 Å². The first kappa shape index (κ1) is 16.7. The Morgan fingerprint density at radius 3 is 2.79 bits per heavy atom. The first-order valence-corrected chi connectivity index (χ1v) is 8.51. The van der Waals surface area contributed by atoms with Crippen LogP contribution in [-0.4, -0.2) is 26.5 Å². The summed E-state index contributed by atoms with van der Waals surface area (Å²) >= 11 is 0. The van der Waals surface area contributed by atoms with Gasteiger partial charge >= 0.3 is 5.97 Å². The molecular weight excluding hydrogens is 304 g/mol. The van der Waals surface area contributed by atoms with Crippen LogP contribution in [0, 0.1) is 17.3 Å². The van der Waals surface area contributed by atoms with Gasteiger partial charge < -0.3 is 14.3 Å². The molecule has 4 heteroatoms. The van der Waals surface area contributed by atoms with E-state index in [9.17, 15) is 9.59 Å². The van der Waals surface area contributed by atoms with E-state index in [0.29, 0.717) is 12.8 Å².